The van der Waals surface area contributed by atoms with E-state index in [4.69, 9.17) is 20.9 Å². The van der Waals surface area contributed by atoms with Crippen LogP contribution >= 0.6 is 11.6 Å². The van der Waals surface area contributed by atoms with Gasteiger partial charge in [0.2, 0.25) is 5.82 Å². The summed E-state index contributed by atoms with van der Waals surface area (Å²) in [7, 11) is 0. The number of pyridine rings is 1. The van der Waals surface area contributed by atoms with Crippen molar-refractivity contribution in [3.63, 3.8) is 0 Å². The fourth-order valence-corrected chi connectivity index (χ4v) is 2.06. The van der Waals surface area contributed by atoms with Gasteiger partial charge in [-0.25, -0.2) is 0 Å². The molecule has 0 saturated carbocycles. The Hall–Kier alpha value is -2.40. The minimum Gasteiger partial charge on any atom is -0.481 e. The lowest BCUT2D eigenvalue weighted by molar-refractivity contribution is 0.175. The molecule has 5 nitrogen and oxygen atoms in total. The number of aryl methyl sites for hydroxylation is 1. The molecule has 0 bridgehead atoms. The number of ether oxygens (including phenoxy) is 1. The maximum atomic E-state index is 6.00. The molecule has 3 rings (SSSR count). The topological polar surface area (TPSA) is 61.0 Å². The average molecular weight is 316 g/mol. The number of nitrogens with zero attached hydrogens (tertiary/aromatic N) is 3. The number of rotatable bonds is 4. The summed E-state index contributed by atoms with van der Waals surface area (Å²) >= 11 is 6.00. The van der Waals surface area contributed by atoms with E-state index in [0.717, 1.165) is 5.56 Å². The Morgan fingerprint density at radius 1 is 1.23 bits per heavy atom. The smallest absolute Gasteiger partial charge is 0.267 e. The Kier molecular flexibility index (Phi) is 4.06. The van der Waals surface area contributed by atoms with E-state index >= 15 is 0 Å². The molecule has 6 heteroatoms. The third kappa shape index (κ3) is 3.09. The Morgan fingerprint density at radius 3 is 2.82 bits per heavy atom. The summed E-state index contributed by atoms with van der Waals surface area (Å²) in [6, 6.07) is 11.0. The van der Waals surface area contributed by atoms with E-state index in [0.29, 0.717) is 28.2 Å². The van der Waals surface area contributed by atoms with E-state index in [2.05, 4.69) is 15.1 Å². The molecule has 0 radical (unpaired) electrons. The van der Waals surface area contributed by atoms with Crippen molar-refractivity contribution >= 4 is 11.6 Å². The van der Waals surface area contributed by atoms with Crippen molar-refractivity contribution in [2.75, 3.05) is 0 Å². The van der Waals surface area contributed by atoms with Crippen LogP contribution in [0.15, 0.2) is 47.1 Å². The lowest BCUT2D eigenvalue weighted by Crippen LogP contribution is -2.03. The highest BCUT2D eigenvalue weighted by molar-refractivity contribution is 6.31. The summed E-state index contributed by atoms with van der Waals surface area (Å²) in [5.74, 6) is 1.54. The predicted molar refractivity (Wildman–Crippen MR) is 82.8 cm³/mol. The van der Waals surface area contributed by atoms with Crippen LogP contribution in [0.4, 0.5) is 0 Å². The number of aromatic nitrogens is 3. The third-order valence-corrected chi connectivity index (χ3v) is 3.55. The van der Waals surface area contributed by atoms with Gasteiger partial charge in [-0.15, -0.1) is 0 Å². The summed E-state index contributed by atoms with van der Waals surface area (Å²) in [5, 5.41) is 4.63. The first-order chi connectivity index (χ1) is 10.6. The second-order valence-corrected chi connectivity index (χ2v) is 5.25. The first kappa shape index (κ1) is 14.5. The van der Waals surface area contributed by atoms with Crippen LogP contribution in [0.25, 0.3) is 11.5 Å². The van der Waals surface area contributed by atoms with Gasteiger partial charge in [0.1, 0.15) is 11.4 Å². The SMILES string of the molecule is Cc1cc(O[C@H](C)c2nc(-c3ccccn3)no2)ccc1Cl. The van der Waals surface area contributed by atoms with E-state index in [1.165, 1.54) is 0 Å². The maximum absolute atomic E-state index is 6.00. The van der Waals surface area contributed by atoms with Gasteiger partial charge in [0, 0.05) is 11.2 Å². The van der Waals surface area contributed by atoms with Crippen LogP contribution in [-0.2, 0) is 0 Å². The molecule has 22 heavy (non-hydrogen) atoms. The highest BCUT2D eigenvalue weighted by Crippen LogP contribution is 2.26. The minimum absolute atomic E-state index is 0.370. The monoisotopic (exact) mass is 315 g/mol. The van der Waals surface area contributed by atoms with Crippen LogP contribution < -0.4 is 4.74 Å². The first-order valence-corrected chi connectivity index (χ1v) is 7.19. The Bertz CT molecular complexity index is 774. The maximum Gasteiger partial charge on any atom is 0.267 e. The fourth-order valence-electron chi connectivity index (χ4n) is 1.94. The van der Waals surface area contributed by atoms with Crippen LogP contribution in [0.3, 0.4) is 0 Å². The number of hydrogen-bond donors (Lipinski definition) is 0. The van der Waals surface area contributed by atoms with Crippen molar-refractivity contribution in [3.8, 4) is 17.3 Å². The van der Waals surface area contributed by atoms with Crippen molar-refractivity contribution in [1.82, 2.24) is 15.1 Å². The molecule has 0 aliphatic rings. The normalized spacial score (nSPS) is 12.1. The summed E-state index contributed by atoms with van der Waals surface area (Å²) < 4.78 is 11.1. The van der Waals surface area contributed by atoms with Crippen molar-refractivity contribution in [2.24, 2.45) is 0 Å². The molecule has 0 fully saturated rings. The fraction of sp³-hybridized carbons (Fsp3) is 0.188. The molecule has 1 atom stereocenters. The lowest BCUT2D eigenvalue weighted by atomic mass is 10.2. The van der Waals surface area contributed by atoms with Gasteiger partial charge in [-0.3, -0.25) is 4.98 Å². The highest BCUT2D eigenvalue weighted by Gasteiger charge is 2.17. The van der Waals surface area contributed by atoms with Crippen molar-refractivity contribution in [3.05, 3.63) is 59.1 Å². The largest absolute Gasteiger partial charge is 0.481 e. The second-order valence-electron chi connectivity index (χ2n) is 4.84. The molecular weight excluding hydrogens is 302 g/mol. The standard InChI is InChI=1S/C16H14ClN3O2/c1-10-9-12(6-7-13(10)17)21-11(2)16-19-15(20-22-16)14-5-3-4-8-18-14/h3-9,11H,1-2H3/t11-/m1/s1. The van der Waals surface area contributed by atoms with Gasteiger partial charge in [0.05, 0.1) is 0 Å². The van der Waals surface area contributed by atoms with Crippen LogP contribution in [0.2, 0.25) is 5.02 Å². The zero-order chi connectivity index (χ0) is 15.5. The van der Waals surface area contributed by atoms with E-state index in [1.54, 1.807) is 12.3 Å². The van der Waals surface area contributed by atoms with E-state index < -0.39 is 0 Å². The molecule has 2 aromatic heterocycles. The van der Waals surface area contributed by atoms with Crippen LogP contribution in [0.5, 0.6) is 5.75 Å². The minimum atomic E-state index is -0.370. The quantitative estimate of drug-likeness (QED) is 0.721. The van der Waals surface area contributed by atoms with Gasteiger partial charge in [-0.1, -0.05) is 22.8 Å². The summed E-state index contributed by atoms with van der Waals surface area (Å²) in [4.78, 5) is 8.51. The molecule has 0 aliphatic heterocycles. The summed E-state index contributed by atoms with van der Waals surface area (Å²) in [5.41, 5.74) is 1.61. The Morgan fingerprint density at radius 2 is 2.09 bits per heavy atom. The van der Waals surface area contributed by atoms with Crippen LogP contribution in [0, 0.1) is 6.92 Å². The van der Waals surface area contributed by atoms with Crippen molar-refractivity contribution in [2.45, 2.75) is 20.0 Å². The van der Waals surface area contributed by atoms with Gasteiger partial charge in [-0.2, -0.15) is 4.98 Å². The molecule has 1 aromatic carbocycles. The molecule has 0 unspecified atom stereocenters. The zero-order valence-electron chi connectivity index (χ0n) is 12.2. The average Bonchev–Trinajstić information content (AvgIpc) is 3.02. The number of benzene rings is 1. The molecule has 0 N–H and O–H groups in total. The lowest BCUT2D eigenvalue weighted by Gasteiger charge is -2.11. The molecule has 2 heterocycles. The van der Waals surface area contributed by atoms with Gasteiger partial charge in [0.25, 0.3) is 5.89 Å². The molecular formula is C16H14ClN3O2. The van der Waals surface area contributed by atoms with Crippen LogP contribution in [0.1, 0.15) is 24.5 Å². The van der Waals surface area contributed by atoms with E-state index in [9.17, 15) is 0 Å². The Balaban J connectivity index is 1.77. The first-order valence-electron chi connectivity index (χ1n) is 6.81. The molecule has 0 spiro atoms. The molecule has 3 aromatic rings. The van der Waals surface area contributed by atoms with E-state index in [1.807, 2.05) is 44.2 Å². The Labute approximate surface area is 132 Å². The molecule has 0 amide bonds. The van der Waals surface area contributed by atoms with E-state index in [-0.39, 0.29) is 6.10 Å². The third-order valence-electron chi connectivity index (χ3n) is 3.13. The van der Waals surface area contributed by atoms with Crippen molar-refractivity contribution in [1.29, 1.82) is 0 Å². The summed E-state index contributed by atoms with van der Waals surface area (Å²) in [6.07, 6.45) is 1.31. The highest BCUT2D eigenvalue weighted by atomic mass is 35.5. The molecule has 0 saturated heterocycles. The number of hydrogen-bond acceptors (Lipinski definition) is 5. The van der Waals surface area contributed by atoms with Crippen LogP contribution in [-0.4, -0.2) is 15.1 Å². The van der Waals surface area contributed by atoms with Gasteiger partial charge >= 0.3 is 0 Å². The summed E-state index contributed by atoms with van der Waals surface area (Å²) in [6.45, 7) is 3.77. The zero-order valence-corrected chi connectivity index (χ0v) is 12.9. The van der Waals surface area contributed by atoms with Crippen molar-refractivity contribution < 1.29 is 9.26 Å². The molecule has 112 valence electrons. The van der Waals surface area contributed by atoms with Gasteiger partial charge in [-0.05, 0) is 49.7 Å². The van der Waals surface area contributed by atoms with Gasteiger partial charge in [0.15, 0.2) is 6.10 Å². The second kappa shape index (κ2) is 6.15. The molecule has 0 aliphatic carbocycles. The number of halogens is 1. The van der Waals surface area contributed by atoms with Gasteiger partial charge < -0.3 is 9.26 Å². The predicted octanol–water partition coefficient (Wildman–Crippen LogP) is 4.23.